The molecule has 13 nitrogen and oxygen atoms in total. The highest BCUT2D eigenvalue weighted by Gasteiger charge is 1.99. The second kappa shape index (κ2) is 40.5. The van der Waals surface area contributed by atoms with Crippen molar-refractivity contribution in [1.29, 1.82) is 0 Å². The molecule has 0 fully saturated rings. The molecule has 0 amide bonds. The molecule has 0 radical (unpaired) electrons. The molecule has 0 bridgehead atoms. The van der Waals surface area contributed by atoms with Crippen LogP contribution in [-0.2, 0) is 61.6 Å². The molecule has 0 aliphatic heterocycles. The van der Waals surface area contributed by atoms with E-state index < -0.39 is 0 Å². The van der Waals surface area contributed by atoms with Gasteiger partial charge in [0.05, 0.1) is 159 Å². The van der Waals surface area contributed by atoms with Gasteiger partial charge in [-0.1, -0.05) is 20.3 Å². The summed E-state index contributed by atoms with van der Waals surface area (Å²) in [5.41, 5.74) is 0. The molecule has 0 aromatic rings. The molecule has 0 aliphatic carbocycles. The van der Waals surface area contributed by atoms with E-state index in [9.17, 15) is 0 Å². The summed E-state index contributed by atoms with van der Waals surface area (Å²) in [7, 11) is 0. The van der Waals surface area contributed by atoms with Gasteiger partial charge < -0.3 is 61.6 Å². The molecule has 266 valence electrons. The van der Waals surface area contributed by atoms with Crippen LogP contribution in [-0.4, -0.2) is 172 Å². The molecule has 13 heteroatoms. The lowest BCUT2D eigenvalue weighted by Gasteiger charge is -2.10. The minimum Gasteiger partial charge on any atom is -0.379 e. The molecular weight excluding hydrogens is 580 g/mol. The molecule has 0 saturated heterocycles. The Hall–Kier alpha value is -0.520. The Morgan fingerprint density at radius 1 is 0.273 bits per heavy atom. The molecule has 44 heavy (non-hydrogen) atoms. The van der Waals surface area contributed by atoms with Crippen LogP contribution < -0.4 is 0 Å². The van der Waals surface area contributed by atoms with Crippen LogP contribution in [0.5, 0.6) is 0 Å². The normalized spacial score (nSPS) is 12.3. The van der Waals surface area contributed by atoms with Crippen molar-refractivity contribution in [3.63, 3.8) is 0 Å². The van der Waals surface area contributed by atoms with Crippen LogP contribution in [0.4, 0.5) is 0 Å². The number of ether oxygens (including phenoxy) is 13. The van der Waals surface area contributed by atoms with Crippen LogP contribution in [0.1, 0.15) is 27.2 Å². The molecule has 0 aromatic heterocycles. The van der Waals surface area contributed by atoms with Crippen molar-refractivity contribution in [2.24, 2.45) is 5.92 Å². The minimum atomic E-state index is 0.516. The maximum Gasteiger partial charge on any atom is 0.0701 e. The number of hydrogen-bond donors (Lipinski definition) is 0. The zero-order chi connectivity index (χ0) is 31.9. The molecule has 0 rings (SSSR count). The van der Waals surface area contributed by atoms with Gasteiger partial charge in [0.15, 0.2) is 0 Å². The maximum atomic E-state index is 5.53. The van der Waals surface area contributed by atoms with Crippen molar-refractivity contribution < 1.29 is 61.6 Å². The summed E-state index contributed by atoms with van der Waals surface area (Å²) in [6, 6.07) is 0. The third-order valence-electron chi connectivity index (χ3n) is 5.77. The van der Waals surface area contributed by atoms with Crippen LogP contribution in [0.15, 0.2) is 0 Å². The van der Waals surface area contributed by atoms with Gasteiger partial charge in [0, 0.05) is 13.2 Å². The Morgan fingerprint density at radius 2 is 0.455 bits per heavy atom. The Kier molecular flexibility index (Phi) is 40.0. The highest BCUT2D eigenvalue weighted by molar-refractivity contribution is 4.46. The standard InChI is InChI=1S/C31H64O13/c1-4-31(3)30-44-29-28-43-27-26-42-25-24-41-23-22-40-21-20-39-19-18-38-17-16-37-15-14-36-13-12-35-11-10-34-9-8-33-7-6-32-5-2/h31H,4-30H2,1-3H3. The molecular formula is C31H64O13. The maximum absolute atomic E-state index is 5.53. The van der Waals surface area contributed by atoms with Gasteiger partial charge >= 0.3 is 0 Å². The zero-order valence-corrected chi connectivity index (χ0v) is 28.0. The summed E-state index contributed by atoms with van der Waals surface area (Å²) in [6.45, 7) is 20.9. The Labute approximate surface area is 266 Å². The predicted molar refractivity (Wildman–Crippen MR) is 166 cm³/mol. The van der Waals surface area contributed by atoms with Crippen molar-refractivity contribution >= 4 is 0 Å². The molecule has 1 unspecified atom stereocenters. The largest absolute Gasteiger partial charge is 0.379 e. The topological polar surface area (TPSA) is 120 Å². The summed E-state index contributed by atoms with van der Waals surface area (Å²) in [5, 5.41) is 0. The van der Waals surface area contributed by atoms with Gasteiger partial charge in [0.2, 0.25) is 0 Å². The van der Waals surface area contributed by atoms with Crippen LogP contribution in [0.25, 0.3) is 0 Å². The van der Waals surface area contributed by atoms with E-state index in [1.165, 1.54) is 0 Å². The van der Waals surface area contributed by atoms with Crippen LogP contribution >= 0.6 is 0 Å². The first-order valence-electron chi connectivity index (χ1n) is 16.3. The van der Waals surface area contributed by atoms with Gasteiger partial charge in [-0.05, 0) is 12.8 Å². The Morgan fingerprint density at radius 3 is 0.636 bits per heavy atom. The fourth-order valence-corrected chi connectivity index (χ4v) is 3.08. The van der Waals surface area contributed by atoms with Crippen LogP contribution in [0.3, 0.4) is 0 Å². The van der Waals surface area contributed by atoms with Gasteiger partial charge in [-0.25, -0.2) is 0 Å². The lowest BCUT2D eigenvalue weighted by molar-refractivity contribution is -0.0291. The Balaban J connectivity index is 3.04. The van der Waals surface area contributed by atoms with E-state index in [-0.39, 0.29) is 0 Å². The minimum absolute atomic E-state index is 0.516. The van der Waals surface area contributed by atoms with E-state index in [1.807, 2.05) is 6.92 Å². The van der Waals surface area contributed by atoms with E-state index in [1.54, 1.807) is 0 Å². The summed E-state index contributed by atoms with van der Waals surface area (Å²) >= 11 is 0. The van der Waals surface area contributed by atoms with Crippen molar-refractivity contribution in [2.45, 2.75) is 27.2 Å². The van der Waals surface area contributed by atoms with Crippen molar-refractivity contribution in [2.75, 3.05) is 172 Å². The van der Waals surface area contributed by atoms with Gasteiger partial charge in [0.1, 0.15) is 0 Å². The van der Waals surface area contributed by atoms with E-state index in [0.29, 0.717) is 171 Å². The van der Waals surface area contributed by atoms with Crippen LogP contribution in [0, 0.1) is 5.92 Å². The van der Waals surface area contributed by atoms with Gasteiger partial charge in [-0.2, -0.15) is 0 Å². The average Bonchev–Trinajstić information content (AvgIpc) is 3.04. The second-order valence-corrected chi connectivity index (χ2v) is 9.52. The summed E-state index contributed by atoms with van der Waals surface area (Å²) < 4.78 is 70.7. The fourth-order valence-electron chi connectivity index (χ4n) is 3.08. The third kappa shape index (κ3) is 39.5. The highest BCUT2D eigenvalue weighted by atomic mass is 16.6. The smallest absolute Gasteiger partial charge is 0.0701 e. The second-order valence-electron chi connectivity index (χ2n) is 9.52. The molecule has 1 atom stereocenters. The zero-order valence-electron chi connectivity index (χ0n) is 28.0. The van der Waals surface area contributed by atoms with E-state index in [0.717, 1.165) is 13.0 Å². The molecule has 0 heterocycles. The molecule has 0 saturated carbocycles. The lowest BCUT2D eigenvalue weighted by atomic mass is 10.1. The SMILES string of the molecule is CCOCCOCCOCCOCCOCCOCCOCCOCCOCCOCCOCCOCCOCC(C)CC. The molecule has 0 spiro atoms. The third-order valence-corrected chi connectivity index (χ3v) is 5.77. The predicted octanol–water partition coefficient (Wildman–Crippen LogP) is 2.27. The first-order chi connectivity index (χ1) is 21.8. The van der Waals surface area contributed by atoms with E-state index in [4.69, 9.17) is 61.6 Å². The average molecular weight is 645 g/mol. The first kappa shape index (κ1) is 43.5. The van der Waals surface area contributed by atoms with Crippen molar-refractivity contribution in [1.82, 2.24) is 0 Å². The quantitative estimate of drug-likeness (QED) is 0.0909. The Bertz CT molecular complexity index is 505. The van der Waals surface area contributed by atoms with Gasteiger partial charge in [-0.15, -0.1) is 0 Å². The number of rotatable bonds is 40. The lowest BCUT2D eigenvalue weighted by Crippen LogP contribution is -2.15. The molecule has 0 N–H and O–H groups in total. The monoisotopic (exact) mass is 644 g/mol. The molecule has 0 aromatic carbocycles. The fraction of sp³-hybridized carbons (Fsp3) is 1.00. The summed E-state index contributed by atoms with van der Waals surface area (Å²) in [4.78, 5) is 0. The first-order valence-corrected chi connectivity index (χ1v) is 16.3. The number of hydrogen-bond acceptors (Lipinski definition) is 13. The van der Waals surface area contributed by atoms with Gasteiger partial charge in [0.25, 0.3) is 0 Å². The van der Waals surface area contributed by atoms with E-state index in [2.05, 4.69) is 13.8 Å². The molecule has 0 aliphatic rings. The van der Waals surface area contributed by atoms with E-state index >= 15 is 0 Å². The summed E-state index contributed by atoms with van der Waals surface area (Å²) in [5.74, 6) is 0.598. The van der Waals surface area contributed by atoms with Crippen LogP contribution in [0.2, 0.25) is 0 Å². The summed E-state index contributed by atoms with van der Waals surface area (Å²) in [6.07, 6.45) is 1.13. The van der Waals surface area contributed by atoms with Crippen molar-refractivity contribution in [3.05, 3.63) is 0 Å². The van der Waals surface area contributed by atoms with Gasteiger partial charge in [-0.3, -0.25) is 0 Å². The van der Waals surface area contributed by atoms with Crippen molar-refractivity contribution in [3.8, 4) is 0 Å². The highest BCUT2D eigenvalue weighted by Crippen LogP contribution is 2.00.